The summed E-state index contributed by atoms with van der Waals surface area (Å²) in [5.41, 5.74) is 5.98. The quantitative estimate of drug-likeness (QED) is 0.344. The van der Waals surface area contributed by atoms with Crippen molar-refractivity contribution in [3.63, 3.8) is 0 Å². The molecule has 1 aliphatic heterocycles. The maximum absolute atomic E-state index is 13.4. The van der Waals surface area contributed by atoms with Crippen molar-refractivity contribution in [2.24, 2.45) is 18.4 Å². The summed E-state index contributed by atoms with van der Waals surface area (Å²) in [7, 11) is 2.07. The van der Waals surface area contributed by atoms with Crippen molar-refractivity contribution < 1.29 is 14.1 Å². The van der Waals surface area contributed by atoms with Crippen LogP contribution in [0.2, 0.25) is 0 Å². The van der Waals surface area contributed by atoms with Crippen molar-refractivity contribution in [1.29, 1.82) is 0 Å². The summed E-state index contributed by atoms with van der Waals surface area (Å²) in [5.74, 6) is 3.10. The zero-order chi connectivity index (χ0) is 27.6. The third-order valence-corrected chi connectivity index (χ3v) is 11.0. The molecule has 0 spiro atoms. The van der Waals surface area contributed by atoms with Crippen molar-refractivity contribution in [3.8, 4) is 11.3 Å². The lowest BCUT2D eigenvalue weighted by molar-refractivity contribution is -0.122. The highest BCUT2D eigenvalue weighted by Gasteiger charge is 2.52. The lowest BCUT2D eigenvalue weighted by Gasteiger charge is -2.52. The highest BCUT2D eigenvalue weighted by Crippen LogP contribution is 2.59. The fourth-order valence-corrected chi connectivity index (χ4v) is 7.89. The first kappa shape index (κ1) is 25.7. The molecule has 0 radical (unpaired) electrons. The largest absolute Gasteiger partial charge is 0.381 e. The first-order chi connectivity index (χ1) is 20.0. The van der Waals surface area contributed by atoms with E-state index in [4.69, 9.17) is 19.3 Å². The molecule has 3 heterocycles. The van der Waals surface area contributed by atoms with E-state index in [1.807, 2.05) is 0 Å². The van der Waals surface area contributed by atoms with Gasteiger partial charge in [0.2, 0.25) is 11.8 Å². The Morgan fingerprint density at radius 2 is 1.73 bits per heavy atom. The maximum atomic E-state index is 13.4. The van der Waals surface area contributed by atoms with Crippen molar-refractivity contribution in [3.05, 3.63) is 47.2 Å². The number of nitrogens with zero attached hydrogens (tertiary/aromatic N) is 4. The summed E-state index contributed by atoms with van der Waals surface area (Å²) >= 11 is 0. The Labute approximate surface area is 241 Å². The van der Waals surface area contributed by atoms with Crippen LogP contribution in [0.25, 0.3) is 11.3 Å². The lowest BCUT2D eigenvalue weighted by Crippen LogP contribution is -2.45. The molecule has 5 aliphatic carbocycles. The number of aryl methyl sites for hydroxylation is 1. The number of hydrogen-bond donors (Lipinski definition) is 1. The van der Waals surface area contributed by atoms with E-state index in [0.717, 1.165) is 80.9 Å². The molecule has 2 bridgehead atoms. The van der Waals surface area contributed by atoms with Gasteiger partial charge in [-0.25, -0.2) is 0 Å². The average Bonchev–Trinajstić information content (AvgIpc) is 3.95. The van der Waals surface area contributed by atoms with Gasteiger partial charge in [-0.05, 0) is 107 Å². The number of benzene rings is 1. The number of hydrogen-bond acceptors (Lipinski definition) is 6. The zero-order valence-corrected chi connectivity index (χ0v) is 24.2. The second-order valence-electron chi connectivity index (χ2n) is 13.7. The van der Waals surface area contributed by atoms with Gasteiger partial charge in [-0.3, -0.25) is 9.48 Å². The third kappa shape index (κ3) is 4.72. The third-order valence-electron chi connectivity index (χ3n) is 11.0. The summed E-state index contributed by atoms with van der Waals surface area (Å²) in [6.07, 6.45) is 14.1. The van der Waals surface area contributed by atoms with Crippen molar-refractivity contribution >= 4 is 11.6 Å². The minimum atomic E-state index is 0.00894. The van der Waals surface area contributed by atoms with Gasteiger partial charge in [0.05, 0.1) is 5.69 Å². The molecule has 2 aromatic heterocycles. The Hall–Kier alpha value is -3.00. The summed E-state index contributed by atoms with van der Waals surface area (Å²) in [6, 6.07) is 8.69. The molecule has 8 heteroatoms. The van der Waals surface area contributed by atoms with Gasteiger partial charge in [0.15, 0.2) is 5.82 Å². The SMILES string of the molecule is Cn1nc(-c2cccc(NC(=O)C3CCOCC3)c2CC23CCC(c4nc(C5CC5)no4)(CC2)CC3)cc1C1CC1. The smallest absolute Gasteiger partial charge is 0.232 e. The fourth-order valence-electron chi connectivity index (χ4n) is 7.89. The van der Waals surface area contributed by atoms with Crippen molar-refractivity contribution in [2.45, 2.75) is 101 Å². The predicted molar refractivity (Wildman–Crippen MR) is 155 cm³/mol. The Bertz CT molecular complexity index is 1430. The minimum absolute atomic E-state index is 0.00894. The number of carbonyl (C=O) groups excluding carboxylic acids is 1. The molecule has 0 unspecified atom stereocenters. The molecule has 1 N–H and O–H groups in total. The van der Waals surface area contributed by atoms with Gasteiger partial charge < -0.3 is 14.6 Å². The number of amides is 1. The van der Waals surface area contributed by atoms with Crippen LogP contribution in [0.4, 0.5) is 5.69 Å². The second kappa shape index (κ2) is 9.79. The number of carbonyl (C=O) groups is 1. The topological polar surface area (TPSA) is 95.1 Å². The van der Waals surface area contributed by atoms with Crippen molar-refractivity contribution in [1.82, 2.24) is 19.9 Å². The Morgan fingerprint density at radius 1 is 1.00 bits per heavy atom. The number of nitrogens with one attached hydrogen (secondary N) is 1. The van der Waals surface area contributed by atoms with E-state index in [1.54, 1.807) is 0 Å². The monoisotopic (exact) mass is 555 g/mol. The molecule has 0 atom stereocenters. The van der Waals surface area contributed by atoms with E-state index in [-0.39, 0.29) is 22.7 Å². The summed E-state index contributed by atoms with van der Waals surface area (Å²) < 4.78 is 13.5. The molecule has 1 amide bonds. The molecule has 1 saturated heterocycles. The molecule has 41 heavy (non-hydrogen) atoms. The van der Waals surface area contributed by atoms with Crippen LogP contribution in [0, 0.1) is 11.3 Å². The highest BCUT2D eigenvalue weighted by atomic mass is 16.5. The van der Waals surface area contributed by atoms with E-state index >= 15 is 0 Å². The predicted octanol–water partition coefficient (Wildman–Crippen LogP) is 6.42. The van der Waals surface area contributed by atoms with Crippen LogP contribution in [-0.4, -0.2) is 39.0 Å². The zero-order valence-electron chi connectivity index (χ0n) is 24.2. The van der Waals surface area contributed by atoms with Crippen LogP contribution < -0.4 is 5.32 Å². The summed E-state index contributed by atoms with van der Waals surface area (Å²) in [6.45, 7) is 1.33. The fraction of sp³-hybridized carbons (Fsp3) is 0.636. The second-order valence-corrected chi connectivity index (χ2v) is 13.7. The lowest BCUT2D eigenvalue weighted by atomic mass is 9.52. The molecule has 3 aromatic rings. The van der Waals surface area contributed by atoms with E-state index < -0.39 is 0 Å². The van der Waals surface area contributed by atoms with E-state index in [9.17, 15) is 4.79 Å². The molecule has 9 rings (SSSR count). The Balaban J connectivity index is 1.09. The highest BCUT2D eigenvalue weighted by molar-refractivity contribution is 5.94. The van der Waals surface area contributed by atoms with Gasteiger partial charge in [-0.15, -0.1) is 0 Å². The van der Waals surface area contributed by atoms with E-state index in [2.05, 4.69) is 46.5 Å². The maximum Gasteiger partial charge on any atom is 0.232 e. The molecule has 8 nitrogen and oxygen atoms in total. The number of anilines is 1. The van der Waals surface area contributed by atoms with E-state index in [0.29, 0.717) is 25.0 Å². The van der Waals surface area contributed by atoms with Crippen LogP contribution in [0.3, 0.4) is 0 Å². The summed E-state index contributed by atoms with van der Waals surface area (Å²) in [4.78, 5) is 18.3. The number of aromatic nitrogens is 4. The molecular weight excluding hydrogens is 514 g/mol. The van der Waals surface area contributed by atoms with Crippen LogP contribution in [0.1, 0.15) is 112 Å². The first-order valence-electron chi connectivity index (χ1n) is 15.9. The molecule has 5 saturated carbocycles. The Kier molecular flexibility index (Phi) is 6.13. The minimum Gasteiger partial charge on any atom is -0.381 e. The van der Waals surface area contributed by atoms with Gasteiger partial charge in [-0.1, -0.05) is 17.3 Å². The summed E-state index contributed by atoms with van der Waals surface area (Å²) in [5, 5.41) is 12.7. The molecule has 1 aromatic carbocycles. The standard InChI is InChI=1S/C33H41N5O3/c1-38-28(21-5-6-21)19-27(36-38)24-3-2-4-26(34-30(39)23-9-17-40-18-10-23)25(24)20-32-11-14-33(15-12-32,16-13-32)31-35-29(37-41-31)22-7-8-22/h2-4,19,21-23H,5-18,20H2,1H3,(H,34,39). The normalized spacial score (nSPS) is 28.2. The average molecular weight is 556 g/mol. The van der Waals surface area contributed by atoms with Crippen LogP contribution >= 0.6 is 0 Å². The van der Waals surface area contributed by atoms with Crippen LogP contribution in [-0.2, 0) is 28.4 Å². The first-order valence-corrected chi connectivity index (χ1v) is 15.9. The molecular formula is C33H41N5O3. The van der Waals surface area contributed by atoms with Gasteiger partial charge in [0, 0.05) is 60.4 Å². The number of ether oxygens (including phenoxy) is 1. The number of rotatable bonds is 8. The van der Waals surface area contributed by atoms with Crippen molar-refractivity contribution in [2.75, 3.05) is 18.5 Å². The Morgan fingerprint density at radius 3 is 2.44 bits per heavy atom. The van der Waals surface area contributed by atoms with E-state index in [1.165, 1.54) is 42.5 Å². The molecule has 216 valence electrons. The molecule has 6 fully saturated rings. The number of fused-ring (bicyclic) bond motifs is 3. The van der Waals surface area contributed by atoms with Gasteiger partial charge in [0.1, 0.15) is 0 Å². The van der Waals surface area contributed by atoms with Crippen LogP contribution in [0.5, 0.6) is 0 Å². The van der Waals surface area contributed by atoms with Gasteiger partial charge in [-0.2, -0.15) is 10.1 Å². The van der Waals surface area contributed by atoms with Gasteiger partial charge >= 0.3 is 0 Å². The van der Waals surface area contributed by atoms with Gasteiger partial charge in [0.25, 0.3) is 0 Å². The molecule has 6 aliphatic rings. The van der Waals surface area contributed by atoms with Crippen LogP contribution in [0.15, 0.2) is 28.8 Å².